The number of methoxy groups -OCH3 is 1. The number of amides is 1. The first kappa shape index (κ1) is 19.0. The molecule has 142 valence electrons. The quantitative estimate of drug-likeness (QED) is 0.797. The number of piperazine rings is 1. The van der Waals surface area contributed by atoms with Gasteiger partial charge in [0, 0.05) is 43.1 Å². The van der Waals surface area contributed by atoms with Gasteiger partial charge in [-0.3, -0.25) is 4.79 Å². The van der Waals surface area contributed by atoms with Gasteiger partial charge in [0.25, 0.3) is 5.91 Å². The Bertz CT molecular complexity index is 794. The number of allylic oxidation sites excluding steroid dienone is 1. The van der Waals surface area contributed by atoms with Gasteiger partial charge in [-0.15, -0.1) is 6.58 Å². The number of carbonyl (C=O) groups is 1. The summed E-state index contributed by atoms with van der Waals surface area (Å²) < 4.78 is 5.34. The van der Waals surface area contributed by atoms with E-state index in [1.807, 2.05) is 24.3 Å². The molecule has 0 aliphatic carbocycles. The van der Waals surface area contributed by atoms with Crippen LogP contribution in [-0.2, 0) is 6.42 Å². The Morgan fingerprint density at radius 3 is 2.48 bits per heavy atom. The molecule has 1 fully saturated rings. The SMILES string of the molecule is C=CCc1cc(C(=O)Nc2ccc(N3CCN(C)CC3)cc2)ccc1OC. The molecule has 27 heavy (non-hydrogen) atoms. The van der Waals surface area contributed by atoms with Crippen LogP contribution >= 0.6 is 0 Å². The normalized spacial score (nSPS) is 14.7. The molecular weight excluding hydrogens is 338 g/mol. The molecule has 0 spiro atoms. The van der Waals surface area contributed by atoms with E-state index in [0.29, 0.717) is 12.0 Å². The molecular formula is C22H27N3O2. The third-order valence-corrected chi connectivity index (χ3v) is 4.90. The molecule has 5 heteroatoms. The average Bonchev–Trinajstić information content (AvgIpc) is 2.69. The summed E-state index contributed by atoms with van der Waals surface area (Å²) in [7, 11) is 3.78. The van der Waals surface area contributed by atoms with Crippen LogP contribution in [0.1, 0.15) is 15.9 Å². The zero-order chi connectivity index (χ0) is 19.2. The Morgan fingerprint density at radius 2 is 1.85 bits per heavy atom. The zero-order valence-corrected chi connectivity index (χ0v) is 16.1. The average molecular weight is 365 g/mol. The van der Waals surface area contributed by atoms with E-state index in [9.17, 15) is 4.79 Å². The molecule has 1 heterocycles. The number of hydrogen-bond donors (Lipinski definition) is 1. The lowest BCUT2D eigenvalue weighted by atomic mass is 10.1. The Labute approximate surface area is 161 Å². The van der Waals surface area contributed by atoms with Crippen LogP contribution < -0.4 is 15.0 Å². The van der Waals surface area contributed by atoms with E-state index >= 15 is 0 Å². The Balaban J connectivity index is 1.67. The van der Waals surface area contributed by atoms with E-state index in [0.717, 1.165) is 43.2 Å². The van der Waals surface area contributed by atoms with Gasteiger partial charge in [0.1, 0.15) is 5.75 Å². The van der Waals surface area contributed by atoms with E-state index in [1.165, 1.54) is 5.69 Å². The van der Waals surface area contributed by atoms with Crippen LogP contribution in [0.3, 0.4) is 0 Å². The summed E-state index contributed by atoms with van der Waals surface area (Å²) in [6.07, 6.45) is 2.46. The molecule has 0 aromatic heterocycles. The van der Waals surface area contributed by atoms with Gasteiger partial charge >= 0.3 is 0 Å². The highest BCUT2D eigenvalue weighted by molar-refractivity contribution is 6.04. The number of anilines is 2. The fourth-order valence-electron chi connectivity index (χ4n) is 3.26. The molecule has 0 saturated carbocycles. The van der Waals surface area contributed by atoms with Crippen LogP contribution in [0.15, 0.2) is 55.1 Å². The van der Waals surface area contributed by atoms with Gasteiger partial charge in [0.15, 0.2) is 0 Å². The smallest absolute Gasteiger partial charge is 0.255 e. The number of nitrogens with one attached hydrogen (secondary N) is 1. The van der Waals surface area contributed by atoms with Gasteiger partial charge < -0.3 is 19.9 Å². The van der Waals surface area contributed by atoms with Crippen LogP contribution in [0.25, 0.3) is 0 Å². The summed E-state index contributed by atoms with van der Waals surface area (Å²) >= 11 is 0. The Hall–Kier alpha value is -2.79. The minimum absolute atomic E-state index is 0.129. The highest BCUT2D eigenvalue weighted by Crippen LogP contribution is 2.23. The van der Waals surface area contributed by atoms with Crippen LogP contribution in [0.5, 0.6) is 5.75 Å². The predicted molar refractivity (Wildman–Crippen MR) is 111 cm³/mol. The van der Waals surface area contributed by atoms with Crippen molar-refractivity contribution in [2.75, 3.05) is 50.6 Å². The second kappa shape index (κ2) is 8.73. The lowest BCUT2D eigenvalue weighted by molar-refractivity contribution is 0.102. The molecule has 1 saturated heterocycles. The maximum Gasteiger partial charge on any atom is 0.255 e. The van der Waals surface area contributed by atoms with Crippen LogP contribution in [0, 0.1) is 0 Å². The van der Waals surface area contributed by atoms with Crippen LogP contribution in [0.4, 0.5) is 11.4 Å². The number of hydrogen-bond acceptors (Lipinski definition) is 4. The van der Waals surface area contributed by atoms with Crippen molar-refractivity contribution in [1.82, 2.24) is 4.90 Å². The summed E-state index contributed by atoms with van der Waals surface area (Å²) in [5.74, 6) is 0.637. The minimum Gasteiger partial charge on any atom is -0.496 e. The van der Waals surface area contributed by atoms with Gasteiger partial charge in [0.05, 0.1) is 7.11 Å². The van der Waals surface area contributed by atoms with Gasteiger partial charge in [0.2, 0.25) is 0 Å². The Kier molecular flexibility index (Phi) is 6.14. The van der Waals surface area contributed by atoms with Crippen molar-refractivity contribution in [3.05, 3.63) is 66.2 Å². The summed E-state index contributed by atoms with van der Waals surface area (Å²) in [6.45, 7) is 7.96. The first-order chi connectivity index (χ1) is 13.1. The third-order valence-electron chi connectivity index (χ3n) is 4.90. The maximum absolute atomic E-state index is 12.6. The second-order valence-corrected chi connectivity index (χ2v) is 6.81. The standard InChI is InChI=1S/C22H27N3O2/c1-4-5-17-16-18(6-11-21(17)27-3)22(26)23-19-7-9-20(10-8-19)25-14-12-24(2)13-15-25/h4,6-11,16H,1,5,12-15H2,2-3H3,(H,23,26). The molecule has 1 N–H and O–H groups in total. The number of rotatable bonds is 6. The molecule has 0 unspecified atom stereocenters. The molecule has 5 nitrogen and oxygen atoms in total. The van der Waals surface area contributed by atoms with Crippen molar-refractivity contribution >= 4 is 17.3 Å². The molecule has 0 radical (unpaired) electrons. The number of likely N-dealkylation sites (N-methyl/N-ethyl adjacent to an activating group) is 1. The molecule has 0 bridgehead atoms. The molecule has 1 aliphatic heterocycles. The minimum atomic E-state index is -0.129. The largest absolute Gasteiger partial charge is 0.496 e. The predicted octanol–water partition coefficient (Wildman–Crippen LogP) is 3.43. The molecule has 1 aliphatic rings. The lowest BCUT2D eigenvalue weighted by Gasteiger charge is -2.34. The number of nitrogens with zero attached hydrogens (tertiary/aromatic N) is 2. The van der Waals surface area contributed by atoms with Crippen molar-refractivity contribution < 1.29 is 9.53 Å². The first-order valence-electron chi connectivity index (χ1n) is 9.23. The van der Waals surface area contributed by atoms with E-state index in [1.54, 1.807) is 19.3 Å². The second-order valence-electron chi connectivity index (χ2n) is 6.81. The molecule has 2 aromatic carbocycles. The van der Waals surface area contributed by atoms with E-state index < -0.39 is 0 Å². The fourth-order valence-corrected chi connectivity index (χ4v) is 3.26. The fraction of sp³-hybridized carbons (Fsp3) is 0.318. The molecule has 1 amide bonds. The van der Waals surface area contributed by atoms with Gasteiger partial charge in [-0.1, -0.05) is 6.08 Å². The van der Waals surface area contributed by atoms with E-state index in [2.05, 4.69) is 40.9 Å². The van der Waals surface area contributed by atoms with Crippen LogP contribution in [-0.4, -0.2) is 51.1 Å². The summed E-state index contributed by atoms with van der Waals surface area (Å²) in [5.41, 5.74) is 3.54. The number of carbonyl (C=O) groups excluding carboxylic acids is 1. The highest BCUT2D eigenvalue weighted by Gasteiger charge is 2.14. The van der Waals surface area contributed by atoms with E-state index in [-0.39, 0.29) is 5.91 Å². The summed E-state index contributed by atoms with van der Waals surface area (Å²) in [4.78, 5) is 17.3. The zero-order valence-electron chi connectivity index (χ0n) is 16.1. The first-order valence-corrected chi connectivity index (χ1v) is 9.23. The monoisotopic (exact) mass is 365 g/mol. The van der Waals surface area contributed by atoms with Crippen molar-refractivity contribution in [2.45, 2.75) is 6.42 Å². The summed E-state index contributed by atoms with van der Waals surface area (Å²) in [6, 6.07) is 13.5. The molecule has 3 rings (SSSR count). The Morgan fingerprint density at radius 1 is 1.15 bits per heavy atom. The maximum atomic E-state index is 12.6. The van der Waals surface area contributed by atoms with Crippen molar-refractivity contribution in [2.24, 2.45) is 0 Å². The number of ether oxygens (including phenoxy) is 1. The van der Waals surface area contributed by atoms with Crippen LogP contribution in [0.2, 0.25) is 0 Å². The van der Waals surface area contributed by atoms with Gasteiger partial charge in [-0.05, 0) is 61.5 Å². The topological polar surface area (TPSA) is 44.8 Å². The van der Waals surface area contributed by atoms with Crippen molar-refractivity contribution in [3.8, 4) is 5.75 Å². The van der Waals surface area contributed by atoms with E-state index in [4.69, 9.17) is 4.74 Å². The number of benzene rings is 2. The van der Waals surface area contributed by atoms with Gasteiger partial charge in [-0.2, -0.15) is 0 Å². The van der Waals surface area contributed by atoms with Crippen molar-refractivity contribution in [1.29, 1.82) is 0 Å². The van der Waals surface area contributed by atoms with Gasteiger partial charge in [-0.25, -0.2) is 0 Å². The third kappa shape index (κ3) is 4.68. The lowest BCUT2D eigenvalue weighted by Crippen LogP contribution is -2.44. The van der Waals surface area contributed by atoms with Crippen molar-refractivity contribution in [3.63, 3.8) is 0 Å². The molecule has 2 aromatic rings. The molecule has 0 atom stereocenters. The summed E-state index contributed by atoms with van der Waals surface area (Å²) in [5, 5.41) is 2.97. The highest BCUT2D eigenvalue weighted by atomic mass is 16.5.